The minimum atomic E-state index is 0.346. The molecule has 1 aliphatic rings. The van der Waals surface area contributed by atoms with Crippen molar-refractivity contribution in [2.45, 2.75) is 51.9 Å². The molecule has 0 amide bonds. The molecule has 0 spiro atoms. The topological polar surface area (TPSA) is 0 Å². The molecule has 0 nitrogen and oxygen atoms in total. The van der Waals surface area contributed by atoms with Gasteiger partial charge in [0.15, 0.2) is 0 Å². The molecule has 1 aromatic rings. The first-order chi connectivity index (χ1) is 7.22. The lowest BCUT2D eigenvalue weighted by Crippen LogP contribution is -2.16. The Hall–Kier alpha value is -0.490. The van der Waals surface area contributed by atoms with Gasteiger partial charge in [-0.2, -0.15) is 0 Å². The zero-order chi connectivity index (χ0) is 11.3. The molecule has 1 saturated carbocycles. The maximum absolute atomic E-state index is 6.19. The molecule has 0 unspecified atom stereocenters. The van der Waals surface area contributed by atoms with Gasteiger partial charge >= 0.3 is 0 Å². The van der Waals surface area contributed by atoms with Gasteiger partial charge in [-0.15, -0.1) is 0 Å². The SMILES string of the molecule is CC.CC1(c2ccccc2Cl)CCCC1. The molecule has 1 aliphatic carbocycles. The average Bonchev–Trinajstić information content (AvgIpc) is 2.70. The second-order valence-corrected chi connectivity index (χ2v) is 4.65. The molecule has 0 aliphatic heterocycles. The van der Waals surface area contributed by atoms with E-state index in [2.05, 4.69) is 19.1 Å². The van der Waals surface area contributed by atoms with Crippen LogP contribution in [0.1, 0.15) is 52.0 Å². The van der Waals surface area contributed by atoms with E-state index in [1.165, 1.54) is 31.2 Å². The smallest absolute Gasteiger partial charge is 0.0443 e. The molecule has 1 aromatic carbocycles. The van der Waals surface area contributed by atoms with Crippen LogP contribution >= 0.6 is 11.6 Å². The molecule has 0 radical (unpaired) electrons. The minimum Gasteiger partial charge on any atom is -0.0840 e. The van der Waals surface area contributed by atoms with Crippen molar-refractivity contribution in [1.29, 1.82) is 0 Å². The van der Waals surface area contributed by atoms with Gasteiger partial charge in [-0.3, -0.25) is 0 Å². The van der Waals surface area contributed by atoms with E-state index in [9.17, 15) is 0 Å². The molecular weight excluding hydrogens is 204 g/mol. The van der Waals surface area contributed by atoms with E-state index in [1.807, 2.05) is 26.0 Å². The van der Waals surface area contributed by atoms with Crippen molar-refractivity contribution in [3.05, 3.63) is 34.9 Å². The summed E-state index contributed by atoms with van der Waals surface area (Å²) < 4.78 is 0. The molecule has 0 heterocycles. The number of benzene rings is 1. The first-order valence-electron chi connectivity index (χ1n) is 5.97. The summed E-state index contributed by atoms with van der Waals surface area (Å²) in [5.74, 6) is 0. The average molecular weight is 225 g/mol. The number of halogens is 1. The number of hydrogen-bond acceptors (Lipinski definition) is 0. The summed E-state index contributed by atoms with van der Waals surface area (Å²) in [6.45, 7) is 6.33. The quantitative estimate of drug-likeness (QED) is 0.615. The van der Waals surface area contributed by atoms with Gasteiger partial charge in [0, 0.05) is 5.02 Å². The summed E-state index contributed by atoms with van der Waals surface area (Å²) >= 11 is 6.19. The fraction of sp³-hybridized carbons (Fsp3) is 0.571. The Labute approximate surface area is 98.7 Å². The van der Waals surface area contributed by atoms with Crippen molar-refractivity contribution < 1.29 is 0 Å². The van der Waals surface area contributed by atoms with Gasteiger partial charge in [0.25, 0.3) is 0 Å². The highest BCUT2D eigenvalue weighted by Gasteiger charge is 2.31. The van der Waals surface area contributed by atoms with E-state index >= 15 is 0 Å². The van der Waals surface area contributed by atoms with E-state index in [0.29, 0.717) is 5.41 Å². The molecule has 2 rings (SSSR count). The summed E-state index contributed by atoms with van der Waals surface area (Å²) in [5.41, 5.74) is 1.69. The van der Waals surface area contributed by atoms with Crippen LogP contribution in [0.2, 0.25) is 5.02 Å². The van der Waals surface area contributed by atoms with Crippen LogP contribution < -0.4 is 0 Å². The Bertz CT molecular complexity index is 298. The Balaban J connectivity index is 0.000000531. The fourth-order valence-electron chi connectivity index (χ4n) is 2.38. The molecular formula is C14H21Cl. The van der Waals surface area contributed by atoms with Crippen LogP contribution in [0.3, 0.4) is 0 Å². The first kappa shape index (κ1) is 12.6. The van der Waals surface area contributed by atoms with Crippen LogP contribution in [0, 0.1) is 0 Å². The molecule has 1 heteroatoms. The van der Waals surface area contributed by atoms with Gasteiger partial charge in [-0.1, -0.05) is 63.4 Å². The molecule has 0 N–H and O–H groups in total. The van der Waals surface area contributed by atoms with Crippen molar-refractivity contribution in [1.82, 2.24) is 0 Å². The standard InChI is InChI=1S/C12H15Cl.C2H6/c1-12(8-4-5-9-12)10-6-2-3-7-11(10)13;1-2/h2-3,6-7H,4-5,8-9H2,1H3;1-2H3. The van der Waals surface area contributed by atoms with Crippen LogP contribution in [0.4, 0.5) is 0 Å². The lowest BCUT2D eigenvalue weighted by Gasteiger charge is -2.25. The van der Waals surface area contributed by atoms with Crippen LogP contribution in [-0.4, -0.2) is 0 Å². The zero-order valence-corrected chi connectivity index (χ0v) is 10.8. The normalized spacial score (nSPS) is 18.1. The Kier molecular flexibility index (Phi) is 4.66. The van der Waals surface area contributed by atoms with Gasteiger partial charge in [0.1, 0.15) is 0 Å². The van der Waals surface area contributed by atoms with Crippen LogP contribution in [0.5, 0.6) is 0 Å². The molecule has 1 fully saturated rings. The predicted octanol–water partition coefficient (Wildman–Crippen LogP) is 5.20. The summed E-state index contributed by atoms with van der Waals surface area (Å²) in [5, 5.41) is 0.937. The molecule has 0 saturated heterocycles. The highest BCUT2D eigenvalue weighted by molar-refractivity contribution is 6.31. The maximum Gasteiger partial charge on any atom is 0.0443 e. The third-order valence-corrected chi connectivity index (χ3v) is 3.56. The lowest BCUT2D eigenvalue weighted by molar-refractivity contribution is 0.491. The van der Waals surface area contributed by atoms with E-state index < -0.39 is 0 Å². The molecule has 0 atom stereocenters. The largest absolute Gasteiger partial charge is 0.0840 e. The van der Waals surface area contributed by atoms with Gasteiger partial charge < -0.3 is 0 Å². The molecule has 0 aromatic heterocycles. The number of rotatable bonds is 1. The summed E-state index contributed by atoms with van der Waals surface area (Å²) in [6, 6.07) is 8.27. The third kappa shape index (κ3) is 2.75. The molecule has 0 bridgehead atoms. The Morgan fingerprint density at radius 3 is 2.13 bits per heavy atom. The van der Waals surface area contributed by atoms with Gasteiger partial charge in [0.2, 0.25) is 0 Å². The molecule has 15 heavy (non-hydrogen) atoms. The van der Waals surface area contributed by atoms with Crippen LogP contribution in [0.15, 0.2) is 24.3 Å². The van der Waals surface area contributed by atoms with Crippen molar-refractivity contribution in [3.8, 4) is 0 Å². The second kappa shape index (κ2) is 5.55. The van der Waals surface area contributed by atoms with Gasteiger partial charge in [-0.25, -0.2) is 0 Å². The molecule has 84 valence electrons. The maximum atomic E-state index is 6.19. The van der Waals surface area contributed by atoms with Crippen LogP contribution in [0.25, 0.3) is 0 Å². The van der Waals surface area contributed by atoms with Gasteiger partial charge in [-0.05, 0) is 29.9 Å². The van der Waals surface area contributed by atoms with E-state index in [0.717, 1.165) is 5.02 Å². The Morgan fingerprint density at radius 2 is 1.60 bits per heavy atom. The third-order valence-electron chi connectivity index (χ3n) is 3.23. The summed E-state index contributed by atoms with van der Waals surface area (Å²) in [6.07, 6.45) is 5.27. The summed E-state index contributed by atoms with van der Waals surface area (Å²) in [7, 11) is 0. The fourth-order valence-corrected chi connectivity index (χ4v) is 2.74. The zero-order valence-electron chi connectivity index (χ0n) is 10.0. The second-order valence-electron chi connectivity index (χ2n) is 4.25. The van der Waals surface area contributed by atoms with Gasteiger partial charge in [0.05, 0.1) is 0 Å². The highest BCUT2D eigenvalue weighted by atomic mass is 35.5. The minimum absolute atomic E-state index is 0.346. The van der Waals surface area contributed by atoms with E-state index in [4.69, 9.17) is 11.6 Å². The van der Waals surface area contributed by atoms with Crippen molar-refractivity contribution in [3.63, 3.8) is 0 Å². The predicted molar refractivity (Wildman–Crippen MR) is 68.6 cm³/mol. The van der Waals surface area contributed by atoms with Crippen molar-refractivity contribution >= 4 is 11.6 Å². The van der Waals surface area contributed by atoms with Crippen LogP contribution in [-0.2, 0) is 5.41 Å². The van der Waals surface area contributed by atoms with E-state index in [1.54, 1.807) is 0 Å². The van der Waals surface area contributed by atoms with Crippen molar-refractivity contribution in [2.24, 2.45) is 0 Å². The number of hydrogen-bond donors (Lipinski definition) is 0. The summed E-state index contributed by atoms with van der Waals surface area (Å²) in [4.78, 5) is 0. The van der Waals surface area contributed by atoms with E-state index in [-0.39, 0.29) is 0 Å². The monoisotopic (exact) mass is 224 g/mol. The Morgan fingerprint density at radius 1 is 1.07 bits per heavy atom. The lowest BCUT2D eigenvalue weighted by atomic mass is 9.81. The first-order valence-corrected chi connectivity index (χ1v) is 6.35. The van der Waals surface area contributed by atoms with Crippen molar-refractivity contribution in [2.75, 3.05) is 0 Å². The highest BCUT2D eigenvalue weighted by Crippen LogP contribution is 2.42.